The predicted octanol–water partition coefficient (Wildman–Crippen LogP) is 8.65. The normalized spacial score (nSPS) is 21.2. The molecule has 0 atom stereocenters. The number of hydrogen-bond donors (Lipinski definition) is 3. The lowest BCUT2D eigenvalue weighted by Crippen LogP contribution is -2.29. The first-order valence-electron chi connectivity index (χ1n) is 36.3. The number of H-pyrrole nitrogens is 3. The van der Waals surface area contributed by atoms with E-state index in [1.165, 1.54) is 147 Å². The van der Waals surface area contributed by atoms with Crippen molar-refractivity contribution in [1.29, 1.82) is 0 Å². The Morgan fingerprint density at radius 1 is 0.485 bits per heavy atom. The standard InChI is InChI=1S/C10H18N4.C9H15N3O.C9H14N2O.C9H14N2S.C8H14N4.C8H13N3O.C8H13N3S.C7H13N5/c1-3-9-11-10(13-12-9)8-4-6-14(2)7-5-8;1-7-10-9(13-11-7)8-3-5-12(2)6-4-8;1-11-5-2-8(3-6-11)9-4-7-12-10-9;1-11-4-2-8(3-5-11)9-6-12-7-10-9;1-12-4-2-7(3-5-12)8-9-6-10-11-8;1-11-4-2-7(3-5-11)8-10-9-6-12-8;1-11-4-2-7(3-5-11)8-9-6-10-12-8;1-12-4-2-6(3-5-12)7-8-10-11-9-7/h8H,3-7H2,1-2H3,(H,11,12,13);8H,3-6H2,1-2H3;4,7-8H,2-3,5-6H2,1H3;6-8H,2-5H2,1H3;6-7H,2-5H2,1H3,(H,9,10,11);2*6-7H,2-5H2,1H3;6H,2-5H2,1H3,(H,8,9,10,11). The van der Waals surface area contributed by atoms with Gasteiger partial charge in [0.1, 0.15) is 35.6 Å². The van der Waals surface area contributed by atoms with Gasteiger partial charge in [-0.05, 0) is 282 Å². The lowest BCUT2D eigenvalue weighted by molar-refractivity contribution is 0.227. The largest absolute Gasteiger partial charge is 0.428 e. The van der Waals surface area contributed by atoms with Crippen molar-refractivity contribution in [3.8, 4) is 0 Å². The van der Waals surface area contributed by atoms with Crippen molar-refractivity contribution in [1.82, 2.24) is 130 Å². The van der Waals surface area contributed by atoms with Gasteiger partial charge in [0.2, 0.25) is 18.2 Å². The van der Waals surface area contributed by atoms with Crippen molar-refractivity contribution in [2.75, 3.05) is 161 Å². The third-order valence-corrected chi connectivity index (χ3v) is 22.1. The van der Waals surface area contributed by atoms with Crippen LogP contribution < -0.4 is 0 Å². The summed E-state index contributed by atoms with van der Waals surface area (Å²) in [6, 6.07) is 1.98. The second kappa shape index (κ2) is 41.6. The van der Waals surface area contributed by atoms with Crippen LogP contribution >= 0.6 is 22.9 Å². The molecule has 0 amide bonds. The third kappa shape index (κ3) is 26.2. The molecule has 3 N–H and O–H groups in total. The van der Waals surface area contributed by atoms with Gasteiger partial charge in [-0.25, -0.2) is 19.9 Å². The summed E-state index contributed by atoms with van der Waals surface area (Å²) in [6.07, 6.45) is 26.4. The Hall–Kier alpha value is -6.29. The highest BCUT2D eigenvalue weighted by molar-refractivity contribution is 7.07. The quantitative estimate of drug-likeness (QED) is 0.122. The number of aryl methyl sites for hydroxylation is 2. The molecular formula is C68H114N26O3S2. The number of rotatable bonds is 9. The highest BCUT2D eigenvalue weighted by Crippen LogP contribution is 2.32. The van der Waals surface area contributed by atoms with Gasteiger partial charge >= 0.3 is 0 Å². The summed E-state index contributed by atoms with van der Waals surface area (Å²) in [7, 11) is 17.3. The Morgan fingerprint density at radius 3 is 1.38 bits per heavy atom. The van der Waals surface area contributed by atoms with E-state index < -0.39 is 0 Å². The fourth-order valence-electron chi connectivity index (χ4n) is 13.7. The van der Waals surface area contributed by atoms with E-state index in [4.69, 9.17) is 13.5 Å². The van der Waals surface area contributed by atoms with Crippen LogP contribution in [0.15, 0.2) is 55.7 Å². The Morgan fingerprint density at radius 2 is 0.980 bits per heavy atom. The van der Waals surface area contributed by atoms with Crippen LogP contribution in [-0.2, 0) is 6.42 Å². The molecule has 546 valence electrons. The number of aromatic amines is 3. The molecule has 0 saturated carbocycles. The Kier molecular flexibility index (Phi) is 32.3. The first kappa shape index (κ1) is 76.9. The van der Waals surface area contributed by atoms with Crippen molar-refractivity contribution in [2.45, 2.75) is 170 Å². The van der Waals surface area contributed by atoms with Crippen LogP contribution in [0.3, 0.4) is 0 Å². The molecule has 0 aromatic carbocycles. The van der Waals surface area contributed by atoms with Gasteiger partial charge in [0, 0.05) is 65.2 Å². The van der Waals surface area contributed by atoms with Crippen molar-refractivity contribution in [3.05, 3.63) is 99.6 Å². The van der Waals surface area contributed by atoms with Gasteiger partial charge in [-0.3, -0.25) is 10.2 Å². The van der Waals surface area contributed by atoms with Crippen LogP contribution in [0, 0.1) is 6.92 Å². The second-order valence-electron chi connectivity index (χ2n) is 28.3. The fourth-order valence-corrected chi connectivity index (χ4v) is 15.0. The molecule has 31 heteroatoms. The van der Waals surface area contributed by atoms with Gasteiger partial charge in [0.05, 0.1) is 16.9 Å². The number of piperidine rings is 8. The van der Waals surface area contributed by atoms with Crippen LogP contribution in [0.5, 0.6) is 0 Å². The van der Waals surface area contributed by atoms with Gasteiger partial charge in [0.25, 0.3) is 0 Å². The summed E-state index contributed by atoms with van der Waals surface area (Å²) in [4.78, 5) is 40.4. The van der Waals surface area contributed by atoms with E-state index in [1.807, 2.05) is 18.5 Å². The van der Waals surface area contributed by atoms with Gasteiger partial charge in [0.15, 0.2) is 17.5 Å². The van der Waals surface area contributed by atoms with Crippen LogP contribution in [0.25, 0.3) is 0 Å². The molecule has 8 aliphatic heterocycles. The topological polar surface area (TPSA) is 306 Å². The molecule has 8 aromatic heterocycles. The maximum absolute atomic E-state index is 5.17. The Bertz CT molecular complexity index is 2810. The first-order chi connectivity index (χ1) is 48.2. The molecule has 16 heterocycles. The van der Waals surface area contributed by atoms with Gasteiger partial charge in [-0.2, -0.15) is 24.8 Å². The number of nitrogens with one attached hydrogen (secondary N) is 3. The van der Waals surface area contributed by atoms with Crippen molar-refractivity contribution in [3.63, 3.8) is 0 Å². The minimum atomic E-state index is 0.484. The van der Waals surface area contributed by atoms with Crippen LogP contribution in [0.4, 0.5) is 0 Å². The predicted molar refractivity (Wildman–Crippen MR) is 384 cm³/mol. The molecule has 0 radical (unpaired) electrons. The van der Waals surface area contributed by atoms with E-state index >= 15 is 0 Å². The molecule has 16 rings (SSSR count). The highest BCUT2D eigenvalue weighted by atomic mass is 32.1. The highest BCUT2D eigenvalue weighted by Gasteiger charge is 2.28. The lowest BCUT2D eigenvalue weighted by atomic mass is 9.94. The average molecular weight is 1410 g/mol. The summed E-state index contributed by atoms with van der Waals surface area (Å²) < 4.78 is 19.2. The van der Waals surface area contributed by atoms with Crippen molar-refractivity contribution in [2.24, 2.45) is 0 Å². The number of aromatic nitrogens is 18. The zero-order valence-electron chi connectivity index (χ0n) is 60.8. The monoisotopic (exact) mass is 1410 g/mol. The SMILES string of the molecule is CCc1nc(C2CCN(C)CC2)n[nH]1.CN1CCC(c2ccon2)CC1.CN1CCC(c2cscn2)CC1.CN1CCC(c2ncn[nH]2)CC1.CN1CCC(c2ncns2)CC1.CN1CCC(c2nn[nH]n2)CC1.CN1CCC(c2nnco2)CC1.Cc1noc(C2CCN(C)CC2)n1. The van der Waals surface area contributed by atoms with Gasteiger partial charge < -0.3 is 52.7 Å². The van der Waals surface area contributed by atoms with Crippen LogP contribution in [-0.4, -0.2) is 291 Å². The van der Waals surface area contributed by atoms with Crippen molar-refractivity contribution < 1.29 is 13.5 Å². The molecule has 29 nitrogen and oxygen atoms in total. The van der Waals surface area contributed by atoms with Crippen molar-refractivity contribution >= 4 is 22.9 Å². The molecule has 99 heavy (non-hydrogen) atoms. The lowest BCUT2D eigenvalue weighted by Gasteiger charge is -2.27. The minimum Gasteiger partial charge on any atom is -0.428 e. The third-order valence-electron chi connectivity index (χ3n) is 20.6. The summed E-state index contributed by atoms with van der Waals surface area (Å²) in [6.45, 7) is 22.6. The maximum Gasteiger partial charge on any atom is 0.229 e. The smallest absolute Gasteiger partial charge is 0.229 e. The van der Waals surface area contributed by atoms with E-state index in [-0.39, 0.29) is 0 Å². The number of hydrogen-bond acceptors (Lipinski definition) is 28. The summed E-state index contributed by atoms with van der Waals surface area (Å²) in [5, 5.41) is 47.0. The van der Waals surface area contributed by atoms with Crippen LogP contribution in [0.1, 0.15) is 214 Å². The molecular weight excluding hydrogens is 1290 g/mol. The van der Waals surface area contributed by atoms with E-state index in [1.54, 1.807) is 41.8 Å². The second-order valence-corrected chi connectivity index (χ2v) is 29.9. The number of thiazole rings is 1. The number of likely N-dealkylation sites (tertiary alicyclic amines) is 8. The first-order valence-corrected chi connectivity index (χ1v) is 38.0. The maximum atomic E-state index is 5.17. The molecule has 8 saturated heterocycles. The average Bonchev–Trinajstić information content (AvgIpc) is 2.76. The molecule has 0 bridgehead atoms. The zero-order valence-corrected chi connectivity index (χ0v) is 62.5. The zero-order chi connectivity index (χ0) is 69.6. The molecule has 8 fully saturated rings. The van der Waals surface area contributed by atoms with Gasteiger partial charge in [-0.1, -0.05) is 22.5 Å². The summed E-state index contributed by atoms with van der Waals surface area (Å²) in [5.41, 5.74) is 4.38. The summed E-state index contributed by atoms with van der Waals surface area (Å²) >= 11 is 3.26. The van der Waals surface area contributed by atoms with E-state index in [0.717, 1.165) is 137 Å². The summed E-state index contributed by atoms with van der Waals surface area (Å²) in [5.74, 6) is 11.0. The minimum absolute atomic E-state index is 0.484. The Balaban J connectivity index is 0.000000132. The number of tetrazole rings is 1. The molecule has 8 aliphatic rings. The Labute approximate surface area is 594 Å². The fraction of sp³-hybridized carbons (Fsp3) is 0.750. The van der Waals surface area contributed by atoms with E-state index in [0.29, 0.717) is 41.4 Å². The van der Waals surface area contributed by atoms with Crippen LogP contribution in [0.2, 0.25) is 0 Å². The van der Waals surface area contributed by atoms with E-state index in [9.17, 15) is 0 Å². The van der Waals surface area contributed by atoms with Gasteiger partial charge in [-0.15, -0.1) is 31.7 Å². The van der Waals surface area contributed by atoms with E-state index in [2.05, 4.69) is 199 Å². The molecule has 8 aromatic rings. The molecule has 0 aliphatic carbocycles. The molecule has 0 unspecified atom stereocenters. The molecule has 0 spiro atoms. The number of nitrogens with zero attached hydrogens (tertiary/aromatic N) is 23.